The van der Waals surface area contributed by atoms with Crippen molar-refractivity contribution in [1.29, 1.82) is 0 Å². The number of carbonyl (C=O) groups excluding carboxylic acids is 2. The molecular weight excluding hydrogens is 445 g/mol. The molecular formula is C24H22FN3O4S. The number of fused-ring (bicyclic) bond motifs is 1. The van der Waals surface area contributed by atoms with Crippen LogP contribution in [0.15, 0.2) is 71.6 Å². The van der Waals surface area contributed by atoms with E-state index in [-0.39, 0.29) is 22.8 Å². The fraction of sp³-hybridized carbons (Fsp3) is 0.167. The number of hydrogen-bond donors (Lipinski definition) is 2. The molecule has 0 aromatic heterocycles. The Kier molecular flexibility index (Phi) is 5.90. The minimum atomic E-state index is -3.88. The highest BCUT2D eigenvalue weighted by molar-refractivity contribution is 7.92. The highest BCUT2D eigenvalue weighted by Gasteiger charge is 2.36. The van der Waals surface area contributed by atoms with Gasteiger partial charge in [0.15, 0.2) is 0 Å². The third-order valence-electron chi connectivity index (χ3n) is 5.33. The molecule has 1 aliphatic rings. The minimum Gasteiger partial charge on any atom is -0.326 e. The molecule has 4 rings (SSSR count). The van der Waals surface area contributed by atoms with Gasteiger partial charge < -0.3 is 10.6 Å². The van der Waals surface area contributed by atoms with Gasteiger partial charge in [-0.3, -0.25) is 13.9 Å². The van der Waals surface area contributed by atoms with E-state index in [2.05, 4.69) is 10.6 Å². The Morgan fingerprint density at radius 1 is 0.939 bits per heavy atom. The zero-order valence-corrected chi connectivity index (χ0v) is 18.8. The number of sulfonamides is 1. The Morgan fingerprint density at radius 3 is 2.15 bits per heavy atom. The lowest BCUT2D eigenvalue weighted by atomic mass is 10.1. The SMILES string of the molecule is CC(=O)Nc1ccc(NC(=O)c2ccc3c(c2)C[C@H](C)N3S(=O)(=O)c2ccc(F)cc2)cc1. The molecule has 0 fully saturated rings. The van der Waals surface area contributed by atoms with Crippen molar-refractivity contribution in [3.05, 3.63) is 83.7 Å². The first-order valence-corrected chi connectivity index (χ1v) is 11.7. The molecule has 170 valence electrons. The lowest BCUT2D eigenvalue weighted by Gasteiger charge is -2.24. The lowest BCUT2D eigenvalue weighted by Crippen LogP contribution is -2.35. The van der Waals surface area contributed by atoms with Gasteiger partial charge in [0, 0.05) is 29.9 Å². The normalized spacial score (nSPS) is 15.1. The van der Waals surface area contributed by atoms with E-state index < -0.39 is 15.8 Å². The summed E-state index contributed by atoms with van der Waals surface area (Å²) < 4.78 is 40.9. The van der Waals surface area contributed by atoms with E-state index in [1.54, 1.807) is 49.4 Å². The highest BCUT2D eigenvalue weighted by atomic mass is 32.2. The van der Waals surface area contributed by atoms with Crippen LogP contribution in [0.25, 0.3) is 0 Å². The van der Waals surface area contributed by atoms with Crippen LogP contribution < -0.4 is 14.9 Å². The van der Waals surface area contributed by atoms with Gasteiger partial charge in [0.25, 0.3) is 15.9 Å². The molecule has 1 atom stereocenters. The Hall–Kier alpha value is -3.72. The molecule has 0 saturated carbocycles. The topological polar surface area (TPSA) is 95.6 Å². The molecule has 0 aliphatic carbocycles. The number of benzene rings is 3. The molecule has 33 heavy (non-hydrogen) atoms. The Labute approximate surface area is 191 Å². The Balaban J connectivity index is 1.55. The summed E-state index contributed by atoms with van der Waals surface area (Å²) in [6.45, 7) is 3.20. The van der Waals surface area contributed by atoms with Gasteiger partial charge in [0.05, 0.1) is 10.6 Å². The summed E-state index contributed by atoms with van der Waals surface area (Å²) in [7, 11) is -3.88. The van der Waals surface area contributed by atoms with Crippen LogP contribution >= 0.6 is 0 Å². The maximum Gasteiger partial charge on any atom is 0.264 e. The highest BCUT2D eigenvalue weighted by Crippen LogP contribution is 2.37. The second kappa shape index (κ2) is 8.67. The third-order valence-corrected chi connectivity index (χ3v) is 7.27. The summed E-state index contributed by atoms with van der Waals surface area (Å²) in [5.41, 5.74) is 2.82. The molecule has 2 amide bonds. The maximum atomic E-state index is 13.3. The molecule has 1 aliphatic heterocycles. The van der Waals surface area contributed by atoms with Crippen LogP contribution in [0.2, 0.25) is 0 Å². The molecule has 0 radical (unpaired) electrons. The molecule has 3 aromatic carbocycles. The second-order valence-corrected chi connectivity index (χ2v) is 9.68. The zero-order chi connectivity index (χ0) is 23.8. The van der Waals surface area contributed by atoms with Gasteiger partial charge in [-0.2, -0.15) is 0 Å². The van der Waals surface area contributed by atoms with Gasteiger partial charge in [-0.05, 0) is 85.6 Å². The quantitative estimate of drug-likeness (QED) is 0.589. The number of amides is 2. The average molecular weight is 468 g/mol. The van der Waals surface area contributed by atoms with E-state index in [9.17, 15) is 22.4 Å². The first-order chi connectivity index (χ1) is 15.6. The molecule has 2 N–H and O–H groups in total. The van der Waals surface area contributed by atoms with Crippen LogP contribution in [-0.2, 0) is 21.2 Å². The predicted molar refractivity (Wildman–Crippen MR) is 124 cm³/mol. The molecule has 9 heteroatoms. The van der Waals surface area contributed by atoms with E-state index in [0.29, 0.717) is 29.0 Å². The monoisotopic (exact) mass is 467 g/mol. The van der Waals surface area contributed by atoms with Crippen molar-refractivity contribution >= 4 is 38.9 Å². The summed E-state index contributed by atoms with van der Waals surface area (Å²) in [5, 5.41) is 5.45. The number of carbonyl (C=O) groups is 2. The van der Waals surface area contributed by atoms with Gasteiger partial charge in [-0.1, -0.05) is 0 Å². The van der Waals surface area contributed by atoms with E-state index in [4.69, 9.17) is 0 Å². The molecule has 0 spiro atoms. The van der Waals surface area contributed by atoms with E-state index >= 15 is 0 Å². The number of rotatable bonds is 5. The number of nitrogens with zero attached hydrogens (tertiary/aromatic N) is 1. The summed E-state index contributed by atoms with van der Waals surface area (Å²) in [5.74, 6) is -1.03. The first kappa shape index (κ1) is 22.5. The summed E-state index contributed by atoms with van der Waals surface area (Å²) >= 11 is 0. The number of halogens is 1. The van der Waals surface area contributed by atoms with Crippen molar-refractivity contribution in [2.45, 2.75) is 31.2 Å². The fourth-order valence-corrected chi connectivity index (χ4v) is 5.57. The number of hydrogen-bond acceptors (Lipinski definition) is 4. The van der Waals surface area contributed by atoms with Crippen molar-refractivity contribution in [3.8, 4) is 0 Å². The van der Waals surface area contributed by atoms with Crippen LogP contribution in [0.4, 0.5) is 21.5 Å². The summed E-state index contributed by atoms with van der Waals surface area (Å²) in [6, 6.07) is 16.0. The minimum absolute atomic E-state index is 0.00753. The van der Waals surface area contributed by atoms with E-state index in [1.165, 1.54) is 23.4 Å². The summed E-state index contributed by atoms with van der Waals surface area (Å²) in [6.07, 6.45) is 0.447. The molecule has 0 bridgehead atoms. The van der Waals surface area contributed by atoms with Crippen LogP contribution in [0, 0.1) is 5.82 Å². The van der Waals surface area contributed by atoms with E-state index in [0.717, 1.165) is 17.7 Å². The average Bonchev–Trinajstić information content (AvgIpc) is 3.10. The number of nitrogens with one attached hydrogen (secondary N) is 2. The van der Waals surface area contributed by atoms with Crippen molar-refractivity contribution in [3.63, 3.8) is 0 Å². The van der Waals surface area contributed by atoms with Crippen molar-refractivity contribution in [1.82, 2.24) is 0 Å². The summed E-state index contributed by atoms with van der Waals surface area (Å²) in [4.78, 5) is 23.9. The van der Waals surface area contributed by atoms with Crippen LogP contribution in [0.5, 0.6) is 0 Å². The molecule has 1 heterocycles. The second-order valence-electron chi connectivity index (χ2n) is 7.86. The molecule has 0 unspecified atom stereocenters. The predicted octanol–water partition coefficient (Wildman–Crippen LogP) is 4.18. The van der Waals surface area contributed by atoms with Crippen molar-refractivity contribution < 1.29 is 22.4 Å². The van der Waals surface area contributed by atoms with Crippen LogP contribution in [-0.4, -0.2) is 26.3 Å². The van der Waals surface area contributed by atoms with Crippen molar-refractivity contribution in [2.24, 2.45) is 0 Å². The fourth-order valence-electron chi connectivity index (χ4n) is 3.87. The van der Waals surface area contributed by atoms with Crippen LogP contribution in [0.3, 0.4) is 0 Å². The van der Waals surface area contributed by atoms with Gasteiger partial charge >= 0.3 is 0 Å². The Morgan fingerprint density at radius 2 is 1.55 bits per heavy atom. The van der Waals surface area contributed by atoms with Gasteiger partial charge in [-0.15, -0.1) is 0 Å². The molecule has 3 aromatic rings. The molecule has 7 nitrogen and oxygen atoms in total. The van der Waals surface area contributed by atoms with Gasteiger partial charge in [-0.25, -0.2) is 12.8 Å². The standard InChI is InChI=1S/C24H22FN3O4S/c1-15-13-18-14-17(24(30)27-21-8-6-20(7-9-21)26-16(2)29)3-12-23(18)28(15)33(31,32)22-10-4-19(25)5-11-22/h3-12,14-15H,13H2,1-2H3,(H,26,29)(H,27,30)/t15-/m0/s1. The van der Waals surface area contributed by atoms with Crippen LogP contribution in [0.1, 0.15) is 29.8 Å². The smallest absolute Gasteiger partial charge is 0.264 e. The largest absolute Gasteiger partial charge is 0.326 e. The maximum absolute atomic E-state index is 13.3. The zero-order valence-electron chi connectivity index (χ0n) is 18.0. The van der Waals surface area contributed by atoms with Gasteiger partial charge in [0.2, 0.25) is 5.91 Å². The van der Waals surface area contributed by atoms with E-state index in [1.807, 2.05) is 0 Å². The van der Waals surface area contributed by atoms with Gasteiger partial charge in [0.1, 0.15) is 5.82 Å². The number of anilines is 3. The van der Waals surface area contributed by atoms with Crippen molar-refractivity contribution in [2.75, 3.05) is 14.9 Å². The molecule has 0 saturated heterocycles. The third kappa shape index (κ3) is 4.58. The Bertz CT molecular complexity index is 1320. The lowest BCUT2D eigenvalue weighted by molar-refractivity contribution is -0.114. The first-order valence-electron chi connectivity index (χ1n) is 10.3.